The highest BCUT2D eigenvalue weighted by atomic mass is 19.3. The van der Waals surface area contributed by atoms with E-state index < -0.39 is 41.9 Å². The number of ether oxygens (including phenoxy) is 1. The number of nitrogens with one attached hydrogen (secondary N) is 1. The van der Waals surface area contributed by atoms with Gasteiger partial charge >= 0.3 is 12.5 Å². The van der Waals surface area contributed by atoms with E-state index in [0.717, 1.165) is 24.3 Å². The van der Waals surface area contributed by atoms with Crippen molar-refractivity contribution in [2.24, 2.45) is 0 Å². The number of carbonyl (C=O) groups excluding carboxylic acids is 1. The van der Waals surface area contributed by atoms with Gasteiger partial charge in [0.05, 0.1) is 6.04 Å². The lowest BCUT2D eigenvalue weighted by Gasteiger charge is -2.22. The second kappa shape index (κ2) is 15.4. The molecule has 3 aromatic carbocycles. The zero-order valence-electron chi connectivity index (χ0n) is 20.7. The molecule has 0 radical (unpaired) electrons. The molecule has 3 rings (SSSR count). The van der Waals surface area contributed by atoms with Crippen LogP contribution in [0.4, 0.5) is 26.3 Å². The van der Waals surface area contributed by atoms with Crippen LogP contribution in [-0.2, 0) is 4.79 Å². The fourth-order valence-electron chi connectivity index (χ4n) is 2.91. The van der Waals surface area contributed by atoms with Gasteiger partial charge in [-0.15, -0.1) is 6.58 Å². The normalized spacial score (nSPS) is 11.3. The molecule has 3 nitrogen and oxygen atoms in total. The summed E-state index contributed by atoms with van der Waals surface area (Å²) in [6, 6.07) is 16.3. The Labute approximate surface area is 212 Å². The smallest absolute Gasteiger partial charge is 0.428 e. The zero-order valence-corrected chi connectivity index (χ0v) is 20.7. The average Bonchev–Trinajstić information content (AvgIpc) is 2.85. The Hall–Kier alpha value is -3.75. The first-order valence-electron chi connectivity index (χ1n) is 11.3. The number of benzene rings is 3. The van der Waals surface area contributed by atoms with Crippen molar-refractivity contribution in [3.8, 4) is 5.75 Å². The molecule has 0 saturated carbocycles. The van der Waals surface area contributed by atoms with Gasteiger partial charge in [-0.2, -0.15) is 17.6 Å². The van der Waals surface area contributed by atoms with Crippen molar-refractivity contribution in [3.05, 3.63) is 114 Å². The number of carbonyl (C=O) groups is 1. The predicted octanol–water partition coefficient (Wildman–Crippen LogP) is 8.00. The van der Waals surface area contributed by atoms with Crippen molar-refractivity contribution in [2.75, 3.05) is 0 Å². The van der Waals surface area contributed by atoms with Crippen molar-refractivity contribution in [1.29, 1.82) is 0 Å². The largest absolute Gasteiger partial charge is 0.461 e. The predicted molar refractivity (Wildman–Crippen MR) is 132 cm³/mol. The molecule has 0 fully saturated rings. The van der Waals surface area contributed by atoms with Gasteiger partial charge in [-0.05, 0) is 42.3 Å². The minimum atomic E-state index is -4.83. The zero-order chi connectivity index (χ0) is 28.0. The molecular weight excluding hydrogens is 496 g/mol. The Kier molecular flexibility index (Phi) is 13.0. The van der Waals surface area contributed by atoms with Crippen molar-refractivity contribution >= 4 is 5.91 Å². The Bertz CT molecular complexity index is 1110. The van der Waals surface area contributed by atoms with Crippen LogP contribution in [-0.4, -0.2) is 18.4 Å². The minimum absolute atomic E-state index is 0.0657. The summed E-state index contributed by atoms with van der Waals surface area (Å²) in [4.78, 5) is 12.0. The summed E-state index contributed by atoms with van der Waals surface area (Å²) in [5.41, 5.74) is 1.56. The van der Waals surface area contributed by atoms with Gasteiger partial charge in [0.15, 0.2) is 0 Å². The number of halogens is 6. The molecule has 0 aliphatic rings. The summed E-state index contributed by atoms with van der Waals surface area (Å²) in [5, 5.41) is 2.52. The Balaban J connectivity index is 0.000000645. The first-order valence-corrected chi connectivity index (χ1v) is 11.3. The van der Waals surface area contributed by atoms with Crippen LogP contribution in [0.3, 0.4) is 0 Å². The summed E-state index contributed by atoms with van der Waals surface area (Å²) < 4.78 is 82.1. The maximum Gasteiger partial charge on any atom is 0.461 e. The molecule has 0 heterocycles. The van der Waals surface area contributed by atoms with E-state index in [9.17, 15) is 31.1 Å². The summed E-state index contributed by atoms with van der Waals surface area (Å²) in [7, 11) is 0. The van der Waals surface area contributed by atoms with E-state index in [0.29, 0.717) is 11.6 Å². The van der Waals surface area contributed by atoms with E-state index in [1.54, 1.807) is 0 Å². The molecule has 0 spiro atoms. The number of hydrogen-bond donors (Lipinski definition) is 1. The third kappa shape index (κ3) is 10.8. The number of hydrogen-bond acceptors (Lipinski definition) is 2. The van der Waals surface area contributed by atoms with Gasteiger partial charge < -0.3 is 10.1 Å². The number of rotatable bonds is 8. The Morgan fingerprint density at radius 2 is 1.54 bits per heavy atom. The molecule has 0 aliphatic heterocycles. The van der Waals surface area contributed by atoms with Gasteiger partial charge in [-0.1, -0.05) is 68.0 Å². The lowest BCUT2D eigenvalue weighted by atomic mass is 9.98. The maximum absolute atomic E-state index is 13.9. The summed E-state index contributed by atoms with van der Waals surface area (Å²) in [6.45, 7) is 9.49. The third-order valence-electron chi connectivity index (χ3n) is 4.51. The standard InChI is InChI=1S/C19H15F6NO2.C7H8.C2H6/c1-2-3-16(27)26-17(11-4-6-13(20)7-5-11)12-8-14(21)10-15(9-12)28-19(24,25)18(22)23;1-7-5-3-2-4-6-7;1-2/h2,4-10,17-18H,1,3H2,(H,26,27);2-6H,1H3;1-2H3. The molecule has 0 bridgehead atoms. The van der Waals surface area contributed by atoms with E-state index in [1.165, 1.54) is 23.8 Å². The quantitative estimate of drug-likeness (QED) is 0.239. The van der Waals surface area contributed by atoms with Crippen LogP contribution in [0.15, 0.2) is 85.5 Å². The van der Waals surface area contributed by atoms with Gasteiger partial charge in [0.2, 0.25) is 5.91 Å². The number of amides is 1. The highest BCUT2D eigenvalue weighted by molar-refractivity contribution is 5.78. The minimum Gasteiger partial charge on any atom is -0.428 e. The highest BCUT2D eigenvalue weighted by Crippen LogP contribution is 2.32. The molecule has 1 unspecified atom stereocenters. The van der Waals surface area contributed by atoms with Crippen molar-refractivity contribution < 1.29 is 35.9 Å². The van der Waals surface area contributed by atoms with Crippen molar-refractivity contribution in [2.45, 2.75) is 45.8 Å². The fourth-order valence-corrected chi connectivity index (χ4v) is 2.91. The second-order valence-electron chi connectivity index (χ2n) is 7.38. The molecule has 1 amide bonds. The van der Waals surface area contributed by atoms with Crippen molar-refractivity contribution in [3.63, 3.8) is 0 Å². The van der Waals surface area contributed by atoms with Gasteiger partial charge in [0.1, 0.15) is 17.4 Å². The topological polar surface area (TPSA) is 38.3 Å². The van der Waals surface area contributed by atoms with Gasteiger partial charge in [-0.3, -0.25) is 4.79 Å². The van der Waals surface area contributed by atoms with Crippen LogP contribution in [0.2, 0.25) is 0 Å². The van der Waals surface area contributed by atoms with Gasteiger partial charge in [0, 0.05) is 12.5 Å². The van der Waals surface area contributed by atoms with E-state index >= 15 is 0 Å². The lowest BCUT2D eigenvalue weighted by Crippen LogP contribution is -2.33. The maximum atomic E-state index is 13.9. The Morgan fingerprint density at radius 1 is 0.946 bits per heavy atom. The van der Waals surface area contributed by atoms with E-state index in [2.05, 4.69) is 35.7 Å². The lowest BCUT2D eigenvalue weighted by molar-refractivity contribution is -0.253. The third-order valence-corrected chi connectivity index (χ3v) is 4.51. The highest BCUT2D eigenvalue weighted by Gasteiger charge is 2.44. The molecular formula is C28H29F6NO2. The molecule has 37 heavy (non-hydrogen) atoms. The van der Waals surface area contributed by atoms with Crippen LogP contribution in [0.1, 0.15) is 43.0 Å². The van der Waals surface area contributed by atoms with Gasteiger partial charge in [-0.25, -0.2) is 8.78 Å². The second-order valence-corrected chi connectivity index (χ2v) is 7.38. The first-order chi connectivity index (χ1) is 17.5. The first kappa shape index (κ1) is 31.3. The van der Waals surface area contributed by atoms with Crippen LogP contribution in [0.25, 0.3) is 0 Å². The summed E-state index contributed by atoms with van der Waals surface area (Å²) >= 11 is 0. The van der Waals surface area contributed by atoms with E-state index in [-0.39, 0.29) is 12.0 Å². The van der Waals surface area contributed by atoms with Crippen LogP contribution in [0.5, 0.6) is 5.75 Å². The molecule has 1 N–H and O–H groups in total. The molecule has 0 saturated heterocycles. The van der Waals surface area contributed by atoms with Crippen LogP contribution >= 0.6 is 0 Å². The average molecular weight is 526 g/mol. The SMILES string of the molecule is C=CCC(=O)NC(c1ccc(F)cc1)c1cc(F)cc(OC(F)(F)C(F)F)c1.CC.Cc1ccccc1. The molecule has 1 atom stereocenters. The van der Waals surface area contributed by atoms with E-state index in [1.807, 2.05) is 32.0 Å². The van der Waals surface area contributed by atoms with E-state index in [4.69, 9.17) is 0 Å². The molecule has 200 valence electrons. The number of alkyl halides is 4. The fraction of sp³-hybridized carbons (Fsp3) is 0.250. The van der Waals surface area contributed by atoms with Crippen LogP contribution in [0, 0.1) is 18.6 Å². The molecule has 0 aromatic heterocycles. The van der Waals surface area contributed by atoms with Crippen LogP contribution < -0.4 is 10.1 Å². The monoisotopic (exact) mass is 525 g/mol. The summed E-state index contributed by atoms with van der Waals surface area (Å²) in [5.74, 6) is -3.01. The van der Waals surface area contributed by atoms with Gasteiger partial charge in [0.25, 0.3) is 0 Å². The number of aryl methyl sites for hydroxylation is 1. The summed E-state index contributed by atoms with van der Waals surface area (Å²) in [6.07, 6.45) is -7.75. The molecule has 9 heteroatoms. The Morgan fingerprint density at radius 3 is 2.03 bits per heavy atom. The molecule has 0 aliphatic carbocycles. The molecule has 3 aromatic rings. The van der Waals surface area contributed by atoms with Crippen molar-refractivity contribution in [1.82, 2.24) is 5.32 Å².